The molecule has 4 nitrogen and oxygen atoms in total. The monoisotopic (exact) mass is 297 g/mol. The van der Waals surface area contributed by atoms with E-state index in [-0.39, 0.29) is 5.78 Å². The van der Waals surface area contributed by atoms with Crippen molar-refractivity contribution < 1.29 is 4.79 Å². The van der Waals surface area contributed by atoms with Crippen LogP contribution >= 0.6 is 0 Å². The van der Waals surface area contributed by atoms with Crippen LogP contribution in [0.3, 0.4) is 0 Å². The zero-order chi connectivity index (χ0) is 15.7. The molecule has 4 heteroatoms. The van der Waals surface area contributed by atoms with Crippen LogP contribution < -0.4 is 0 Å². The van der Waals surface area contributed by atoms with Crippen molar-refractivity contribution in [3.63, 3.8) is 0 Å². The fraction of sp³-hybridized carbons (Fsp3) is 0.444. The molecule has 2 heterocycles. The Labute approximate surface area is 131 Å². The van der Waals surface area contributed by atoms with Crippen molar-refractivity contribution >= 4 is 5.78 Å². The molecule has 22 heavy (non-hydrogen) atoms. The summed E-state index contributed by atoms with van der Waals surface area (Å²) in [6, 6.07) is 9.01. The Morgan fingerprint density at radius 1 is 1.18 bits per heavy atom. The fourth-order valence-electron chi connectivity index (χ4n) is 3.35. The number of likely N-dealkylation sites (tertiary alicyclic amines) is 1. The number of aromatic nitrogens is 2. The number of ketones is 1. The molecule has 1 saturated heterocycles. The third-order valence-corrected chi connectivity index (χ3v) is 4.66. The van der Waals surface area contributed by atoms with Crippen molar-refractivity contribution in [1.29, 1.82) is 0 Å². The van der Waals surface area contributed by atoms with Crippen LogP contribution in [-0.4, -0.2) is 33.6 Å². The van der Waals surface area contributed by atoms with Crippen molar-refractivity contribution in [2.75, 3.05) is 13.1 Å². The van der Waals surface area contributed by atoms with E-state index >= 15 is 0 Å². The highest BCUT2D eigenvalue weighted by molar-refractivity contribution is 5.99. The summed E-state index contributed by atoms with van der Waals surface area (Å²) in [6.45, 7) is 6.25. The first-order chi connectivity index (χ1) is 10.6. The van der Waals surface area contributed by atoms with Crippen LogP contribution in [0.15, 0.2) is 30.5 Å². The average molecular weight is 297 g/mol. The van der Waals surface area contributed by atoms with Gasteiger partial charge in [0, 0.05) is 25.6 Å². The molecule has 0 amide bonds. The predicted molar refractivity (Wildman–Crippen MR) is 87.9 cm³/mol. The molecule has 1 aliphatic heterocycles. The third kappa shape index (κ3) is 2.71. The summed E-state index contributed by atoms with van der Waals surface area (Å²) in [5.74, 6) is 0.0458. The number of carbonyl (C=O) groups excluding carboxylic acids is 1. The highest BCUT2D eigenvalue weighted by Crippen LogP contribution is 2.28. The first-order valence-electron chi connectivity index (χ1n) is 7.95. The largest absolute Gasteiger partial charge is 0.297 e. The smallest absolute Gasteiger partial charge is 0.178 e. The summed E-state index contributed by atoms with van der Waals surface area (Å²) >= 11 is 0. The Hall–Kier alpha value is -1.94. The lowest BCUT2D eigenvalue weighted by molar-refractivity contribution is 0.100. The molecule has 0 radical (unpaired) electrons. The van der Waals surface area contributed by atoms with Gasteiger partial charge in [-0.05, 0) is 44.0 Å². The van der Waals surface area contributed by atoms with Gasteiger partial charge < -0.3 is 0 Å². The topological polar surface area (TPSA) is 38.1 Å². The quantitative estimate of drug-likeness (QED) is 0.811. The lowest BCUT2D eigenvalue weighted by atomic mass is 10.0. The van der Waals surface area contributed by atoms with E-state index in [0.29, 0.717) is 11.7 Å². The van der Waals surface area contributed by atoms with E-state index in [1.807, 2.05) is 7.05 Å². The van der Waals surface area contributed by atoms with Gasteiger partial charge in [-0.3, -0.25) is 14.4 Å². The molecule has 3 rings (SSSR count). The van der Waals surface area contributed by atoms with Gasteiger partial charge in [-0.15, -0.1) is 0 Å². The molecule has 0 saturated carbocycles. The zero-order valence-electron chi connectivity index (χ0n) is 13.5. The van der Waals surface area contributed by atoms with Gasteiger partial charge in [-0.25, -0.2) is 0 Å². The Kier molecular flexibility index (Phi) is 4.12. The second kappa shape index (κ2) is 6.05. The Bertz CT molecular complexity index is 666. The van der Waals surface area contributed by atoms with E-state index in [2.05, 4.69) is 41.2 Å². The van der Waals surface area contributed by atoms with Crippen LogP contribution in [0.4, 0.5) is 0 Å². The molecule has 1 aromatic carbocycles. The SMILES string of the molecule is CC(=O)c1c(-c2ccc([C@H](C)N3CCCC3)cc2)cnn1C. The standard InChI is InChI=1S/C18H23N3O/c1-13(21-10-4-5-11-21)15-6-8-16(9-7-15)17-12-19-20(3)18(17)14(2)22/h6-9,12-13H,4-5,10-11H2,1-3H3/t13-/m0/s1. The number of aryl methyl sites for hydroxylation is 1. The highest BCUT2D eigenvalue weighted by atomic mass is 16.1. The number of carbonyl (C=O) groups is 1. The molecular formula is C18H23N3O. The minimum atomic E-state index is 0.0458. The summed E-state index contributed by atoms with van der Waals surface area (Å²) in [5, 5.41) is 4.22. The van der Waals surface area contributed by atoms with Gasteiger partial charge in [0.2, 0.25) is 0 Å². The summed E-state index contributed by atoms with van der Waals surface area (Å²) in [6.07, 6.45) is 4.38. The van der Waals surface area contributed by atoms with Gasteiger partial charge >= 0.3 is 0 Å². The Morgan fingerprint density at radius 2 is 1.82 bits per heavy atom. The maximum Gasteiger partial charge on any atom is 0.178 e. The summed E-state index contributed by atoms with van der Waals surface area (Å²) in [5.41, 5.74) is 3.96. The summed E-state index contributed by atoms with van der Waals surface area (Å²) < 4.78 is 1.65. The lowest BCUT2D eigenvalue weighted by Gasteiger charge is -2.24. The number of hydrogen-bond acceptors (Lipinski definition) is 3. The average Bonchev–Trinajstić information content (AvgIpc) is 3.16. The second-order valence-corrected chi connectivity index (χ2v) is 6.13. The van der Waals surface area contributed by atoms with Crippen LogP contribution in [0.5, 0.6) is 0 Å². The van der Waals surface area contributed by atoms with Crippen LogP contribution in [0.25, 0.3) is 11.1 Å². The van der Waals surface area contributed by atoms with Gasteiger partial charge in [0.25, 0.3) is 0 Å². The van der Waals surface area contributed by atoms with Crippen molar-refractivity contribution in [1.82, 2.24) is 14.7 Å². The van der Waals surface area contributed by atoms with Gasteiger partial charge in [0.1, 0.15) is 5.69 Å². The van der Waals surface area contributed by atoms with E-state index in [1.165, 1.54) is 31.5 Å². The van der Waals surface area contributed by atoms with Gasteiger partial charge in [-0.1, -0.05) is 24.3 Å². The van der Waals surface area contributed by atoms with Crippen molar-refractivity contribution in [3.05, 3.63) is 41.7 Å². The Morgan fingerprint density at radius 3 is 2.41 bits per heavy atom. The normalized spacial score (nSPS) is 16.9. The van der Waals surface area contributed by atoms with Gasteiger partial charge in [0.05, 0.1) is 6.20 Å². The first-order valence-corrected chi connectivity index (χ1v) is 7.95. The molecule has 1 fully saturated rings. The van der Waals surface area contributed by atoms with E-state index in [0.717, 1.165) is 11.1 Å². The molecule has 1 atom stereocenters. The maximum atomic E-state index is 11.8. The summed E-state index contributed by atoms with van der Waals surface area (Å²) in [4.78, 5) is 14.3. The van der Waals surface area contributed by atoms with E-state index < -0.39 is 0 Å². The molecule has 1 aliphatic rings. The zero-order valence-corrected chi connectivity index (χ0v) is 13.5. The number of hydrogen-bond donors (Lipinski definition) is 0. The predicted octanol–water partition coefficient (Wildman–Crippen LogP) is 3.45. The molecule has 0 aliphatic carbocycles. The van der Waals surface area contributed by atoms with E-state index in [1.54, 1.807) is 17.8 Å². The second-order valence-electron chi connectivity index (χ2n) is 6.13. The maximum absolute atomic E-state index is 11.8. The number of Topliss-reactive ketones (excluding diaryl/α,β-unsaturated/α-hetero) is 1. The molecule has 0 bridgehead atoms. The molecule has 0 spiro atoms. The van der Waals surface area contributed by atoms with Crippen LogP contribution in [0.1, 0.15) is 48.8 Å². The molecule has 1 aromatic heterocycles. The minimum absolute atomic E-state index is 0.0458. The van der Waals surface area contributed by atoms with E-state index in [9.17, 15) is 4.79 Å². The highest BCUT2D eigenvalue weighted by Gasteiger charge is 2.20. The summed E-state index contributed by atoms with van der Waals surface area (Å²) in [7, 11) is 1.81. The van der Waals surface area contributed by atoms with Gasteiger partial charge in [-0.2, -0.15) is 5.10 Å². The molecule has 2 aromatic rings. The van der Waals surface area contributed by atoms with Gasteiger partial charge in [0.15, 0.2) is 5.78 Å². The fourth-order valence-corrected chi connectivity index (χ4v) is 3.35. The lowest BCUT2D eigenvalue weighted by Crippen LogP contribution is -2.23. The Balaban J connectivity index is 1.87. The van der Waals surface area contributed by atoms with Crippen molar-refractivity contribution in [2.24, 2.45) is 7.05 Å². The molecule has 0 N–H and O–H groups in total. The number of rotatable bonds is 4. The van der Waals surface area contributed by atoms with Crippen LogP contribution in [-0.2, 0) is 7.05 Å². The van der Waals surface area contributed by atoms with Crippen molar-refractivity contribution in [3.8, 4) is 11.1 Å². The first kappa shape index (κ1) is 15.0. The third-order valence-electron chi connectivity index (χ3n) is 4.66. The number of benzene rings is 1. The molecular weight excluding hydrogens is 274 g/mol. The van der Waals surface area contributed by atoms with Crippen LogP contribution in [0.2, 0.25) is 0 Å². The van der Waals surface area contributed by atoms with Crippen molar-refractivity contribution in [2.45, 2.75) is 32.7 Å². The van der Waals surface area contributed by atoms with E-state index in [4.69, 9.17) is 0 Å². The number of nitrogens with zero attached hydrogens (tertiary/aromatic N) is 3. The molecule has 116 valence electrons. The van der Waals surface area contributed by atoms with Crippen LogP contribution in [0, 0.1) is 0 Å². The molecule has 0 unspecified atom stereocenters. The minimum Gasteiger partial charge on any atom is -0.297 e.